The van der Waals surface area contributed by atoms with Gasteiger partial charge in [0.2, 0.25) is 5.91 Å². The van der Waals surface area contributed by atoms with Crippen molar-refractivity contribution in [2.75, 3.05) is 13.2 Å². The molecule has 2 amide bonds. The van der Waals surface area contributed by atoms with E-state index in [-0.39, 0.29) is 30.4 Å². The lowest BCUT2D eigenvalue weighted by atomic mass is 9.98. The molecule has 2 N–H and O–H groups in total. The number of aliphatic carboxylic acids is 1. The first-order valence-corrected chi connectivity index (χ1v) is 12.3. The molecule has 0 spiro atoms. The van der Waals surface area contributed by atoms with Gasteiger partial charge in [0.05, 0.1) is 0 Å². The van der Waals surface area contributed by atoms with E-state index >= 15 is 0 Å². The number of fused-ring (bicyclic) bond motifs is 4. The molecule has 7 nitrogen and oxygen atoms in total. The number of likely N-dealkylation sites (tertiary alicyclic amines) is 1. The molecule has 1 saturated carbocycles. The topological polar surface area (TPSA) is 95.9 Å². The van der Waals surface area contributed by atoms with Crippen LogP contribution in [0.2, 0.25) is 0 Å². The van der Waals surface area contributed by atoms with E-state index in [0.717, 1.165) is 24.0 Å². The number of benzene rings is 2. The smallest absolute Gasteiger partial charge is 0.407 e. The minimum Gasteiger partial charge on any atom is -0.479 e. The second-order valence-electron chi connectivity index (χ2n) is 10.1. The summed E-state index contributed by atoms with van der Waals surface area (Å²) in [5.74, 6) is -1.05. The molecular weight excluding hydrogens is 444 g/mol. The van der Waals surface area contributed by atoms with E-state index in [1.807, 2.05) is 30.3 Å². The SMILES string of the molecule is O=C(NC1CC=C(C(=O)N2CCCC3CC32C(=O)O)C1)OCC1c2ccccc2-c2ccccc21. The lowest BCUT2D eigenvalue weighted by molar-refractivity contribution is -0.153. The second-order valence-corrected chi connectivity index (χ2v) is 10.1. The lowest BCUT2D eigenvalue weighted by Crippen LogP contribution is -2.51. The summed E-state index contributed by atoms with van der Waals surface area (Å²) in [5.41, 5.74) is 4.23. The first kappa shape index (κ1) is 21.9. The number of nitrogens with one attached hydrogen (secondary N) is 1. The number of carboxylic acid groups (broad SMARTS) is 1. The maximum Gasteiger partial charge on any atom is 0.407 e. The van der Waals surface area contributed by atoms with Gasteiger partial charge in [-0.1, -0.05) is 54.6 Å². The van der Waals surface area contributed by atoms with Crippen LogP contribution in [0.5, 0.6) is 0 Å². The predicted octanol–water partition coefficient (Wildman–Crippen LogP) is 4.08. The number of carboxylic acids is 1. The predicted molar refractivity (Wildman–Crippen MR) is 129 cm³/mol. The molecule has 1 saturated heterocycles. The van der Waals surface area contributed by atoms with E-state index in [4.69, 9.17) is 4.74 Å². The summed E-state index contributed by atoms with van der Waals surface area (Å²) >= 11 is 0. The number of carbonyl (C=O) groups excluding carboxylic acids is 2. The Morgan fingerprint density at radius 2 is 1.74 bits per heavy atom. The number of piperidine rings is 1. The monoisotopic (exact) mass is 472 g/mol. The highest BCUT2D eigenvalue weighted by Crippen LogP contribution is 2.54. The van der Waals surface area contributed by atoms with Crippen LogP contribution in [-0.2, 0) is 14.3 Å². The first-order valence-electron chi connectivity index (χ1n) is 12.3. The molecule has 4 aliphatic rings. The van der Waals surface area contributed by atoms with Gasteiger partial charge in [-0.2, -0.15) is 0 Å². The Hall–Kier alpha value is -3.61. The average molecular weight is 473 g/mol. The Morgan fingerprint density at radius 1 is 1.06 bits per heavy atom. The summed E-state index contributed by atoms with van der Waals surface area (Å²) in [4.78, 5) is 39.3. The van der Waals surface area contributed by atoms with E-state index in [1.54, 1.807) is 4.90 Å². The quantitative estimate of drug-likeness (QED) is 0.684. The fourth-order valence-electron chi connectivity index (χ4n) is 6.32. The molecule has 35 heavy (non-hydrogen) atoms. The molecule has 1 aliphatic heterocycles. The van der Waals surface area contributed by atoms with Crippen LogP contribution in [-0.4, -0.2) is 52.7 Å². The fraction of sp³-hybridized carbons (Fsp3) is 0.393. The lowest BCUT2D eigenvalue weighted by Gasteiger charge is -2.34. The highest BCUT2D eigenvalue weighted by atomic mass is 16.5. The maximum atomic E-state index is 13.2. The highest BCUT2D eigenvalue weighted by Gasteiger charge is 2.66. The highest BCUT2D eigenvalue weighted by molar-refractivity contribution is 5.99. The molecular formula is C28H28N2O5. The van der Waals surface area contributed by atoms with Gasteiger partial charge in [0, 0.05) is 24.1 Å². The number of amides is 2. The number of hydrogen-bond donors (Lipinski definition) is 2. The van der Waals surface area contributed by atoms with Crippen LogP contribution < -0.4 is 5.32 Å². The molecule has 2 aromatic carbocycles. The van der Waals surface area contributed by atoms with Gasteiger partial charge in [0.25, 0.3) is 0 Å². The third-order valence-electron chi connectivity index (χ3n) is 8.16. The standard InChI is InChI=1S/C28H28N2O5/c31-25(30-13-5-6-18-15-28(18,30)26(32)33)17-11-12-19(14-17)29-27(34)35-16-24-22-9-3-1-7-20(22)21-8-2-4-10-23(21)24/h1-4,7-11,18-19,24H,5-6,12-16H2,(H,29,34)(H,32,33). The van der Waals surface area contributed by atoms with Gasteiger partial charge in [-0.05, 0) is 60.3 Å². The Bertz CT molecular complexity index is 1210. The Balaban J connectivity index is 1.06. The van der Waals surface area contributed by atoms with E-state index in [2.05, 4.69) is 29.6 Å². The maximum absolute atomic E-state index is 13.2. The molecule has 0 bridgehead atoms. The largest absolute Gasteiger partial charge is 0.479 e. The van der Waals surface area contributed by atoms with Crippen LogP contribution in [0.3, 0.4) is 0 Å². The van der Waals surface area contributed by atoms with Gasteiger partial charge in [-0.15, -0.1) is 0 Å². The molecule has 3 aliphatic carbocycles. The van der Waals surface area contributed by atoms with E-state index < -0.39 is 17.6 Å². The molecule has 2 aromatic rings. The Kier molecular flexibility index (Phi) is 5.16. The van der Waals surface area contributed by atoms with Crippen LogP contribution >= 0.6 is 0 Å². The minimum atomic E-state index is -1.02. The van der Waals surface area contributed by atoms with Crippen molar-refractivity contribution in [3.63, 3.8) is 0 Å². The summed E-state index contributed by atoms with van der Waals surface area (Å²) < 4.78 is 5.64. The summed E-state index contributed by atoms with van der Waals surface area (Å²) in [6.45, 7) is 0.714. The van der Waals surface area contributed by atoms with E-state index in [9.17, 15) is 19.5 Å². The molecule has 7 heteroatoms. The van der Waals surface area contributed by atoms with E-state index in [1.165, 1.54) is 11.1 Å². The fourth-order valence-corrected chi connectivity index (χ4v) is 6.32. The summed E-state index contributed by atoms with van der Waals surface area (Å²) in [5, 5.41) is 12.6. The number of alkyl carbamates (subject to hydrolysis) is 1. The van der Waals surface area contributed by atoms with Crippen LogP contribution in [0.25, 0.3) is 11.1 Å². The molecule has 0 aromatic heterocycles. The number of ether oxygens (including phenoxy) is 1. The molecule has 180 valence electrons. The van der Waals surface area contributed by atoms with Gasteiger partial charge < -0.3 is 20.1 Å². The zero-order valence-corrected chi connectivity index (χ0v) is 19.4. The average Bonchev–Trinajstić information content (AvgIpc) is 3.33. The van der Waals surface area contributed by atoms with Crippen molar-refractivity contribution in [1.29, 1.82) is 0 Å². The second kappa shape index (κ2) is 8.26. The van der Waals surface area contributed by atoms with Crippen molar-refractivity contribution in [3.05, 3.63) is 71.3 Å². The molecule has 3 atom stereocenters. The number of carbonyl (C=O) groups is 3. The Labute approximate surface area is 203 Å². The van der Waals surface area contributed by atoms with Crippen molar-refractivity contribution in [2.24, 2.45) is 5.92 Å². The van der Waals surface area contributed by atoms with Crippen molar-refractivity contribution in [2.45, 2.75) is 49.6 Å². The van der Waals surface area contributed by atoms with Crippen molar-refractivity contribution in [3.8, 4) is 11.1 Å². The van der Waals surface area contributed by atoms with Gasteiger partial charge in [0.1, 0.15) is 12.1 Å². The van der Waals surface area contributed by atoms with Crippen molar-refractivity contribution >= 4 is 18.0 Å². The zero-order chi connectivity index (χ0) is 24.2. The normalized spacial score (nSPS) is 26.3. The van der Waals surface area contributed by atoms with Crippen LogP contribution in [0.4, 0.5) is 4.79 Å². The van der Waals surface area contributed by atoms with Crippen LogP contribution in [0.15, 0.2) is 60.2 Å². The molecule has 2 fully saturated rings. The summed E-state index contributed by atoms with van der Waals surface area (Å²) in [7, 11) is 0. The van der Waals surface area contributed by atoms with Gasteiger partial charge in [-0.25, -0.2) is 9.59 Å². The third kappa shape index (κ3) is 3.52. The van der Waals surface area contributed by atoms with Gasteiger partial charge in [-0.3, -0.25) is 4.79 Å². The summed E-state index contributed by atoms with van der Waals surface area (Å²) in [6.07, 6.45) is 4.49. The number of rotatable bonds is 5. The molecule has 0 radical (unpaired) electrons. The number of hydrogen-bond acceptors (Lipinski definition) is 4. The van der Waals surface area contributed by atoms with E-state index in [0.29, 0.717) is 31.4 Å². The van der Waals surface area contributed by atoms with Gasteiger partial charge in [0.15, 0.2) is 0 Å². The Morgan fingerprint density at radius 3 is 2.43 bits per heavy atom. The number of nitrogens with zero attached hydrogens (tertiary/aromatic N) is 1. The summed E-state index contributed by atoms with van der Waals surface area (Å²) in [6, 6.07) is 16.2. The van der Waals surface area contributed by atoms with Crippen LogP contribution in [0, 0.1) is 5.92 Å². The molecule has 1 heterocycles. The zero-order valence-electron chi connectivity index (χ0n) is 19.4. The van der Waals surface area contributed by atoms with Crippen molar-refractivity contribution in [1.82, 2.24) is 10.2 Å². The minimum absolute atomic E-state index is 0.00945. The molecule has 3 unspecified atom stereocenters. The van der Waals surface area contributed by atoms with Gasteiger partial charge >= 0.3 is 12.1 Å². The van der Waals surface area contributed by atoms with Crippen molar-refractivity contribution < 1.29 is 24.2 Å². The first-order chi connectivity index (χ1) is 17.0. The van der Waals surface area contributed by atoms with Crippen LogP contribution in [0.1, 0.15) is 49.1 Å². The third-order valence-corrected chi connectivity index (χ3v) is 8.16. The molecule has 6 rings (SSSR count).